The molecule has 2 amide bonds. The van der Waals surface area contributed by atoms with Crippen molar-refractivity contribution in [2.24, 2.45) is 0 Å². The maximum Gasteiger partial charge on any atom is 0.279 e. The molecule has 1 atom stereocenters. The molecule has 1 unspecified atom stereocenters. The molecule has 0 fully saturated rings. The van der Waals surface area contributed by atoms with Crippen LogP contribution < -0.4 is 20.3 Å². The molecule has 0 saturated heterocycles. The molecule has 6 heteroatoms. The topological polar surface area (TPSA) is 76.7 Å². The Balaban J connectivity index is 1.78. The predicted octanol–water partition coefficient (Wildman–Crippen LogP) is 2.69. The Kier molecular flexibility index (Phi) is 7.02. The number of rotatable bonds is 7. The van der Waals surface area contributed by atoms with Crippen LogP contribution in [0.15, 0.2) is 48.5 Å². The highest BCUT2D eigenvalue weighted by atomic mass is 16.5. The van der Waals surface area contributed by atoms with E-state index < -0.39 is 17.9 Å². The second-order valence-electron chi connectivity index (χ2n) is 5.97. The van der Waals surface area contributed by atoms with Crippen LogP contribution in [0.5, 0.6) is 11.5 Å². The molecule has 0 aliphatic heterocycles. The highest BCUT2D eigenvalue weighted by Crippen LogP contribution is 2.15. The van der Waals surface area contributed by atoms with Gasteiger partial charge >= 0.3 is 0 Å². The lowest BCUT2D eigenvalue weighted by Gasteiger charge is -2.18. The van der Waals surface area contributed by atoms with Crippen molar-refractivity contribution in [3.8, 4) is 11.5 Å². The van der Waals surface area contributed by atoms with Crippen LogP contribution in [0, 0.1) is 13.8 Å². The first kappa shape index (κ1) is 19.3. The Labute approximate surface area is 153 Å². The van der Waals surface area contributed by atoms with Gasteiger partial charge in [0.2, 0.25) is 0 Å². The molecule has 2 N–H and O–H groups in total. The minimum Gasteiger partial charge on any atom is -0.484 e. The molecule has 6 nitrogen and oxygen atoms in total. The zero-order valence-corrected chi connectivity index (χ0v) is 15.2. The largest absolute Gasteiger partial charge is 0.484 e. The van der Waals surface area contributed by atoms with E-state index in [0.717, 1.165) is 11.1 Å². The number of carbonyl (C=O) groups excluding carboxylic acids is 2. The standard InChI is InChI=1S/C20H24N2O4/c1-4-18(26-17-7-5-6-15(3)12-17)20(24)22-21-19(23)13-25-16-10-8-14(2)9-11-16/h5-12,18H,4,13H2,1-3H3,(H,21,23)(H,22,24). The molecule has 0 aromatic heterocycles. The Morgan fingerprint density at radius 2 is 1.69 bits per heavy atom. The van der Waals surface area contributed by atoms with Gasteiger partial charge in [-0.25, -0.2) is 0 Å². The minimum absolute atomic E-state index is 0.196. The first-order valence-corrected chi connectivity index (χ1v) is 8.49. The molecule has 0 aliphatic rings. The predicted molar refractivity (Wildman–Crippen MR) is 98.8 cm³/mol. The molecule has 2 aromatic rings. The number of nitrogens with one attached hydrogen (secondary N) is 2. The number of hydrogen-bond acceptors (Lipinski definition) is 4. The summed E-state index contributed by atoms with van der Waals surface area (Å²) in [5.74, 6) is 0.328. The van der Waals surface area contributed by atoms with Gasteiger partial charge in [0, 0.05) is 0 Å². The van der Waals surface area contributed by atoms with Crippen LogP contribution in [-0.4, -0.2) is 24.5 Å². The number of aryl methyl sites for hydroxylation is 2. The van der Waals surface area contributed by atoms with Crippen molar-refractivity contribution >= 4 is 11.8 Å². The lowest BCUT2D eigenvalue weighted by molar-refractivity contribution is -0.134. The average molecular weight is 356 g/mol. The minimum atomic E-state index is -0.699. The molecule has 0 saturated carbocycles. The molecule has 2 rings (SSSR count). The van der Waals surface area contributed by atoms with Crippen molar-refractivity contribution in [2.45, 2.75) is 33.3 Å². The highest BCUT2D eigenvalue weighted by Gasteiger charge is 2.19. The summed E-state index contributed by atoms with van der Waals surface area (Å²) in [7, 11) is 0. The number of benzene rings is 2. The van der Waals surface area contributed by atoms with E-state index in [0.29, 0.717) is 17.9 Å². The van der Waals surface area contributed by atoms with E-state index in [2.05, 4.69) is 10.9 Å². The van der Waals surface area contributed by atoms with E-state index in [1.807, 2.05) is 51.1 Å². The quantitative estimate of drug-likeness (QED) is 0.748. The second kappa shape index (κ2) is 9.46. The molecule has 0 spiro atoms. The Bertz CT molecular complexity index is 744. The number of ether oxygens (including phenoxy) is 2. The number of hydrazine groups is 1. The summed E-state index contributed by atoms with van der Waals surface area (Å²) in [6.45, 7) is 5.55. The lowest BCUT2D eigenvalue weighted by atomic mass is 10.2. The third-order valence-electron chi connectivity index (χ3n) is 3.65. The molecule has 0 aliphatic carbocycles. The van der Waals surface area contributed by atoms with Crippen LogP contribution in [0.3, 0.4) is 0 Å². The van der Waals surface area contributed by atoms with E-state index >= 15 is 0 Å². The molecular weight excluding hydrogens is 332 g/mol. The zero-order chi connectivity index (χ0) is 18.9. The molecule has 0 heterocycles. The van der Waals surface area contributed by atoms with E-state index in [1.165, 1.54) is 0 Å². The van der Waals surface area contributed by atoms with Gasteiger partial charge in [-0.05, 0) is 50.1 Å². The van der Waals surface area contributed by atoms with Crippen LogP contribution in [-0.2, 0) is 9.59 Å². The van der Waals surface area contributed by atoms with Crippen LogP contribution >= 0.6 is 0 Å². The van der Waals surface area contributed by atoms with Crippen molar-refractivity contribution in [1.82, 2.24) is 10.9 Å². The fourth-order valence-corrected chi connectivity index (χ4v) is 2.21. The maximum absolute atomic E-state index is 12.2. The van der Waals surface area contributed by atoms with Gasteiger partial charge in [-0.3, -0.25) is 20.4 Å². The number of amides is 2. The van der Waals surface area contributed by atoms with Crippen molar-refractivity contribution in [3.05, 3.63) is 59.7 Å². The average Bonchev–Trinajstić information content (AvgIpc) is 2.63. The fraction of sp³-hybridized carbons (Fsp3) is 0.300. The van der Waals surface area contributed by atoms with Crippen LogP contribution in [0.1, 0.15) is 24.5 Å². The molecule has 0 radical (unpaired) electrons. The van der Waals surface area contributed by atoms with E-state index in [1.54, 1.807) is 18.2 Å². The Morgan fingerprint density at radius 3 is 2.35 bits per heavy atom. The Hall–Kier alpha value is -3.02. The van der Waals surface area contributed by atoms with Crippen molar-refractivity contribution in [1.29, 1.82) is 0 Å². The summed E-state index contributed by atoms with van der Waals surface area (Å²) in [5.41, 5.74) is 6.85. The Morgan fingerprint density at radius 1 is 0.962 bits per heavy atom. The van der Waals surface area contributed by atoms with Crippen molar-refractivity contribution < 1.29 is 19.1 Å². The first-order valence-electron chi connectivity index (χ1n) is 8.49. The summed E-state index contributed by atoms with van der Waals surface area (Å²) in [6, 6.07) is 14.8. The van der Waals surface area contributed by atoms with Crippen LogP contribution in [0.25, 0.3) is 0 Å². The smallest absolute Gasteiger partial charge is 0.279 e. The third-order valence-corrected chi connectivity index (χ3v) is 3.65. The molecule has 0 bridgehead atoms. The van der Waals surface area contributed by atoms with Gasteiger partial charge in [0.1, 0.15) is 11.5 Å². The number of carbonyl (C=O) groups is 2. The fourth-order valence-electron chi connectivity index (χ4n) is 2.21. The monoisotopic (exact) mass is 356 g/mol. The summed E-state index contributed by atoms with van der Waals surface area (Å²) in [6.07, 6.45) is -0.231. The van der Waals surface area contributed by atoms with Gasteiger partial charge in [-0.2, -0.15) is 0 Å². The van der Waals surface area contributed by atoms with Gasteiger partial charge in [0.05, 0.1) is 0 Å². The molecule has 26 heavy (non-hydrogen) atoms. The summed E-state index contributed by atoms with van der Waals surface area (Å²) in [4.78, 5) is 24.0. The van der Waals surface area contributed by atoms with Gasteiger partial charge < -0.3 is 9.47 Å². The SMILES string of the molecule is CCC(Oc1cccc(C)c1)C(=O)NNC(=O)COc1ccc(C)cc1. The van der Waals surface area contributed by atoms with Gasteiger partial charge in [0.15, 0.2) is 12.7 Å². The highest BCUT2D eigenvalue weighted by molar-refractivity contribution is 5.85. The molecule has 2 aromatic carbocycles. The van der Waals surface area contributed by atoms with Gasteiger partial charge in [0.25, 0.3) is 11.8 Å². The van der Waals surface area contributed by atoms with Crippen LogP contribution in [0.2, 0.25) is 0 Å². The lowest BCUT2D eigenvalue weighted by Crippen LogP contribution is -2.49. The molecular formula is C20H24N2O4. The first-order chi connectivity index (χ1) is 12.5. The second-order valence-corrected chi connectivity index (χ2v) is 5.97. The normalized spacial score (nSPS) is 11.3. The van der Waals surface area contributed by atoms with Gasteiger partial charge in [-0.15, -0.1) is 0 Å². The van der Waals surface area contributed by atoms with E-state index in [9.17, 15) is 9.59 Å². The van der Waals surface area contributed by atoms with Crippen molar-refractivity contribution in [3.63, 3.8) is 0 Å². The third kappa shape index (κ3) is 6.12. The van der Waals surface area contributed by atoms with E-state index in [-0.39, 0.29) is 6.61 Å². The summed E-state index contributed by atoms with van der Waals surface area (Å²) < 4.78 is 11.0. The summed E-state index contributed by atoms with van der Waals surface area (Å²) in [5, 5.41) is 0. The van der Waals surface area contributed by atoms with Crippen LogP contribution in [0.4, 0.5) is 0 Å². The zero-order valence-electron chi connectivity index (χ0n) is 15.2. The van der Waals surface area contributed by atoms with Crippen molar-refractivity contribution in [2.75, 3.05) is 6.61 Å². The summed E-state index contributed by atoms with van der Waals surface area (Å²) >= 11 is 0. The molecule has 138 valence electrons. The van der Waals surface area contributed by atoms with Gasteiger partial charge in [-0.1, -0.05) is 36.8 Å². The van der Waals surface area contributed by atoms with E-state index in [4.69, 9.17) is 9.47 Å². The maximum atomic E-state index is 12.2. The number of hydrogen-bond donors (Lipinski definition) is 2.